The van der Waals surface area contributed by atoms with Crippen LogP contribution < -0.4 is 5.32 Å². The van der Waals surface area contributed by atoms with E-state index in [4.69, 9.17) is 9.52 Å². The monoisotopic (exact) mass is 524 g/mol. The van der Waals surface area contributed by atoms with Crippen LogP contribution >= 0.6 is 0 Å². The molecular formula is C27H31FN5O5+. The van der Waals surface area contributed by atoms with E-state index < -0.39 is 22.7 Å². The Hall–Kier alpha value is -3.83. The van der Waals surface area contributed by atoms with Gasteiger partial charge in [0.1, 0.15) is 12.1 Å². The Morgan fingerprint density at radius 2 is 1.92 bits per heavy atom. The summed E-state index contributed by atoms with van der Waals surface area (Å²) in [6.07, 6.45) is -1.14. The number of benzene rings is 2. The van der Waals surface area contributed by atoms with E-state index in [1.807, 2.05) is 31.2 Å². The predicted molar refractivity (Wildman–Crippen MR) is 138 cm³/mol. The number of aromatic nitrogens is 1. The predicted octanol–water partition coefficient (Wildman–Crippen LogP) is 3.33. The Morgan fingerprint density at radius 3 is 2.61 bits per heavy atom. The minimum atomic E-state index is -1.23. The molecule has 1 aromatic heterocycles. The van der Waals surface area contributed by atoms with Crippen LogP contribution in [-0.4, -0.2) is 94.3 Å². The first-order valence-corrected chi connectivity index (χ1v) is 12.7. The topological polar surface area (TPSA) is 116 Å². The largest absolute Gasteiger partial charge is 0.480 e. The molecule has 0 bridgehead atoms. The fourth-order valence-electron chi connectivity index (χ4n) is 5.23. The van der Waals surface area contributed by atoms with Gasteiger partial charge in [-0.1, -0.05) is 24.3 Å². The molecule has 2 aromatic carbocycles. The zero-order valence-electron chi connectivity index (χ0n) is 21.2. The number of carboxylic acids is 1. The Balaban J connectivity index is 1.31. The first kappa shape index (κ1) is 25.8. The number of carbonyl (C=O) groups excluding carboxylic acids is 2. The van der Waals surface area contributed by atoms with Crippen LogP contribution in [0.1, 0.15) is 17.5 Å². The Morgan fingerprint density at radius 1 is 1.16 bits per heavy atom. The lowest BCUT2D eigenvalue weighted by Crippen LogP contribution is -2.63. The van der Waals surface area contributed by atoms with Gasteiger partial charge in [-0.25, -0.2) is 14.0 Å². The third-order valence-corrected chi connectivity index (χ3v) is 7.37. The zero-order valence-corrected chi connectivity index (χ0v) is 21.2. The van der Waals surface area contributed by atoms with Crippen LogP contribution in [0.2, 0.25) is 0 Å². The average molecular weight is 525 g/mol. The number of alkyl halides is 1. The quantitative estimate of drug-likeness (QED) is 0.472. The fraction of sp³-hybridized carbons (Fsp3) is 0.407. The number of quaternary nitrogens is 1. The minimum Gasteiger partial charge on any atom is -0.480 e. The summed E-state index contributed by atoms with van der Waals surface area (Å²) >= 11 is 0. The molecule has 2 N–H and O–H groups in total. The van der Waals surface area contributed by atoms with E-state index in [0.29, 0.717) is 48.9 Å². The smallest absolute Gasteiger partial charge is 0.426 e. The van der Waals surface area contributed by atoms with Crippen LogP contribution in [-0.2, 0) is 16.0 Å². The molecule has 1 unspecified atom stereocenters. The highest BCUT2D eigenvalue weighted by atomic mass is 19.1. The van der Waals surface area contributed by atoms with Crippen LogP contribution in [0.15, 0.2) is 46.9 Å². The first-order valence-electron chi connectivity index (χ1n) is 12.7. The number of hydrogen-bond acceptors (Lipinski definition) is 7. The van der Waals surface area contributed by atoms with E-state index in [0.717, 1.165) is 11.3 Å². The van der Waals surface area contributed by atoms with Gasteiger partial charge in [-0.05, 0) is 36.2 Å². The zero-order chi connectivity index (χ0) is 26.9. The molecule has 2 aliphatic rings. The molecule has 0 spiro atoms. The van der Waals surface area contributed by atoms with Crippen molar-refractivity contribution in [1.29, 1.82) is 0 Å². The van der Waals surface area contributed by atoms with Gasteiger partial charge in [0.2, 0.25) is 0 Å². The van der Waals surface area contributed by atoms with Crippen LogP contribution in [0.25, 0.3) is 11.1 Å². The lowest BCUT2D eigenvalue weighted by Gasteiger charge is -2.38. The van der Waals surface area contributed by atoms with Gasteiger partial charge < -0.3 is 14.8 Å². The maximum Gasteiger partial charge on any atom is 0.426 e. The van der Waals surface area contributed by atoms with Crippen LogP contribution in [0.3, 0.4) is 0 Å². The van der Waals surface area contributed by atoms with Crippen LogP contribution in [0.5, 0.6) is 0 Å². The molecule has 3 amide bonds. The van der Waals surface area contributed by atoms with Gasteiger partial charge in [0.15, 0.2) is 11.8 Å². The molecule has 11 heteroatoms. The van der Waals surface area contributed by atoms with Gasteiger partial charge in [-0.2, -0.15) is 9.47 Å². The summed E-state index contributed by atoms with van der Waals surface area (Å²) in [5.41, 5.74) is 3.70. The average Bonchev–Trinajstić information content (AvgIpc) is 3.48. The third kappa shape index (κ3) is 5.25. The summed E-state index contributed by atoms with van der Waals surface area (Å²) in [6.45, 7) is 3.21. The Labute approximate surface area is 219 Å². The van der Waals surface area contributed by atoms with E-state index >= 15 is 0 Å². The molecule has 0 radical (unpaired) electrons. The number of nitrogens with one attached hydrogen (secondary N) is 1. The van der Waals surface area contributed by atoms with E-state index in [-0.39, 0.29) is 38.4 Å². The number of oxazole rings is 1. The summed E-state index contributed by atoms with van der Waals surface area (Å²) < 4.78 is 19.7. The molecule has 2 fully saturated rings. The SMILES string of the molecule is Cc1ccccc1Nc1nc2ccc(CC(=O)[N+]3(C(=O)N4CCN(CC(=O)O)CC4)CC[C@H](F)C3)cc2o1. The van der Waals surface area contributed by atoms with E-state index in [1.165, 1.54) is 0 Å². The number of amides is 3. The first-order chi connectivity index (χ1) is 18.2. The van der Waals surface area contributed by atoms with Gasteiger partial charge in [-0.15, -0.1) is 0 Å². The molecule has 38 heavy (non-hydrogen) atoms. The molecule has 2 saturated heterocycles. The van der Waals surface area contributed by atoms with Crippen molar-refractivity contribution < 1.29 is 32.8 Å². The van der Waals surface area contributed by atoms with Crippen LogP contribution in [0.4, 0.5) is 20.9 Å². The van der Waals surface area contributed by atoms with Crippen molar-refractivity contribution in [2.24, 2.45) is 0 Å². The highest BCUT2D eigenvalue weighted by molar-refractivity contribution is 5.86. The third-order valence-electron chi connectivity index (χ3n) is 7.37. The molecule has 200 valence electrons. The number of fused-ring (bicyclic) bond motifs is 1. The molecule has 2 atom stereocenters. The summed E-state index contributed by atoms with van der Waals surface area (Å²) in [6, 6.07) is 13.0. The standard InChI is InChI=1S/C27H30FN5O5/c1-18-4-2-3-5-21(18)29-26-30-22-7-6-19(14-23(22)38-26)15-24(34)33(13-8-20(28)17-33)27(37)32-11-9-31(10-12-32)16-25(35)36/h2-7,14,20H,8-13,15-17H2,1H3,(H-,29,30,35,36)/p+1/t20-,33?/m0/s1. The molecule has 2 aliphatic heterocycles. The normalized spacial score (nSPS) is 22.1. The lowest BCUT2D eigenvalue weighted by atomic mass is 10.1. The van der Waals surface area contributed by atoms with Crippen molar-refractivity contribution in [2.45, 2.75) is 25.9 Å². The van der Waals surface area contributed by atoms with Gasteiger partial charge >= 0.3 is 17.9 Å². The van der Waals surface area contributed by atoms with Crippen molar-refractivity contribution in [3.63, 3.8) is 0 Å². The number of halogens is 1. The summed E-state index contributed by atoms with van der Waals surface area (Å²) in [7, 11) is 0. The second-order valence-corrected chi connectivity index (χ2v) is 10.0. The molecule has 0 saturated carbocycles. The number of imide groups is 1. The number of piperazine rings is 1. The maximum atomic E-state index is 14.4. The summed E-state index contributed by atoms with van der Waals surface area (Å²) in [5, 5.41) is 12.2. The number of para-hydroxylation sites is 1. The van der Waals surface area contributed by atoms with Gasteiger partial charge in [0, 0.05) is 38.3 Å². The number of hydrogen-bond donors (Lipinski definition) is 2. The second kappa shape index (κ2) is 10.5. The molecule has 10 nitrogen and oxygen atoms in total. The van der Waals surface area contributed by atoms with E-state index in [1.54, 1.807) is 28.0 Å². The highest BCUT2D eigenvalue weighted by Crippen LogP contribution is 2.29. The molecule has 0 aliphatic carbocycles. The van der Waals surface area contributed by atoms with E-state index in [9.17, 15) is 18.8 Å². The number of rotatable bonds is 6. The number of carboxylic acid groups (broad SMARTS) is 1. The molecule has 3 heterocycles. The molecule has 3 aromatic rings. The van der Waals surface area contributed by atoms with Crippen molar-refractivity contribution >= 4 is 40.7 Å². The van der Waals surface area contributed by atoms with Crippen molar-refractivity contribution in [3.05, 3.63) is 53.6 Å². The number of urea groups is 1. The number of likely N-dealkylation sites (tertiary alicyclic amines) is 1. The molecule has 5 rings (SSSR count). The van der Waals surface area contributed by atoms with E-state index in [2.05, 4.69) is 10.3 Å². The van der Waals surface area contributed by atoms with Crippen molar-refractivity contribution in [1.82, 2.24) is 14.8 Å². The van der Waals surface area contributed by atoms with Crippen molar-refractivity contribution in [2.75, 3.05) is 51.1 Å². The highest BCUT2D eigenvalue weighted by Gasteiger charge is 2.53. The van der Waals surface area contributed by atoms with Gasteiger partial charge in [0.25, 0.3) is 6.01 Å². The number of carbonyl (C=O) groups is 3. The fourth-order valence-corrected chi connectivity index (χ4v) is 5.23. The van der Waals surface area contributed by atoms with Crippen LogP contribution in [0, 0.1) is 6.92 Å². The minimum absolute atomic E-state index is 0.0470. The number of aryl methyl sites for hydroxylation is 1. The Bertz CT molecular complexity index is 1370. The number of aliphatic carboxylic acids is 1. The lowest BCUT2D eigenvalue weighted by molar-refractivity contribution is -0.765. The van der Waals surface area contributed by atoms with Gasteiger partial charge in [0.05, 0.1) is 19.5 Å². The Kier molecular flexibility index (Phi) is 7.13. The maximum absolute atomic E-state index is 14.4. The van der Waals surface area contributed by atoms with Gasteiger partial charge in [-0.3, -0.25) is 14.6 Å². The van der Waals surface area contributed by atoms with Crippen molar-refractivity contribution in [3.8, 4) is 0 Å². The summed E-state index contributed by atoms with van der Waals surface area (Å²) in [4.78, 5) is 46.0. The summed E-state index contributed by atoms with van der Waals surface area (Å²) in [5.74, 6) is -1.29. The second-order valence-electron chi connectivity index (χ2n) is 10.0. The number of anilines is 2. The molecular weight excluding hydrogens is 493 g/mol. The number of nitrogens with zero attached hydrogens (tertiary/aromatic N) is 4.